The summed E-state index contributed by atoms with van der Waals surface area (Å²) in [5.41, 5.74) is 0.129. The minimum Gasteiger partial charge on any atom is -0.403 e. The fourth-order valence-electron chi connectivity index (χ4n) is 1.74. The second-order valence-corrected chi connectivity index (χ2v) is 6.89. The standard InChI is InChI=1S/C13H5Cl3FN3O2S/c14-6-2-1-3-7(17)9(6)11(21)18-13-20-19-12(22-13)5-4-8(15)23-10(5)16/h1-4H,(H,18,20,21). The Bertz CT molecular complexity index is 876. The van der Waals surface area contributed by atoms with E-state index in [9.17, 15) is 9.18 Å². The number of amides is 1. The summed E-state index contributed by atoms with van der Waals surface area (Å²) in [5, 5.41) is 9.66. The predicted molar refractivity (Wildman–Crippen MR) is 87.0 cm³/mol. The first-order valence-electron chi connectivity index (χ1n) is 6.00. The van der Waals surface area contributed by atoms with Crippen molar-refractivity contribution in [3.63, 3.8) is 0 Å². The van der Waals surface area contributed by atoms with Crippen LogP contribution in [0.1, 0.15) is 10.4 Å². The van der Waals surface area contributed by atoms with E-state index < -0.39 is 11.7 Å². The van der Waals surface area contributed by atoms with Gasteiger partial charge in [0.2, 0.25) is 0 Å². The van der Waals surface area contributed by atoms with Gasteiger partial charge in [-0.1, -0.05) is 46.0 Å². The Hall–Kier alpha value is -1.67. The summed E-state index contributed by atoms with van der Waals surface area (Å²) < 4.78 is 19.8. The number of nitrogens with one attached hydrogen (secondary N) is 1. The molecule has 0 aliphatic carbocycles. The van der Waals surface area contributed by atoms with E-state index in [4.69, 9.17) is 39.2 Å². The van der Waals surface area contributed by atoms with Gasteiger partial charge in [-0.2, -0.15) is 0 Å². The van der Waals surface area contributed by atoms with Crippen LogP contribution in [0, 0.1) is 5.82 Å². The van der Waals surface area contributed by atoms with Crippen LogP contribution in [0.25, 0.3) is 11.5 Å². The Kier molecular flexibility index (Phi) is 4.54. The number of aromatic nitrogens is 2. The number of carbonyl (C=O) groups excluding carboxylic acids is 1. The first kappa shape index (κ1) is 16.2. The summed E-state index contributed by atoms with van der Waals surface area (Å²) in [6.07, 6.45) is 0. The average Bonchev–Trinajstić information content (AvgIpc) is 3.05. The maximum atomic E-state index is 13.7. The van der Waals surface area contributed by atoms with Crippen LogP contribution in [0.15, 0.2) is 28.7 Å². The maximum Gasteiger partial charge on any atom is 0.322 e. The second-order valence-electron chi connectivity index (χ2n) is 4.20. The number of thiophene rings is 1. The summed E-state index contributed by atoms with van der Waals surface area (Å²) in [6, 6.07) is 5.24. The Morgan fingerprint density at radius 1 is 1.26 bits per heavy atom. The van der Waals surface area contributed by atoms with Gasteiger partial charge in [-0.3, -0.25) is 10.1 Å². The van der Waals surface area contributed by atoms with Gasteiger partial charge in [0.1, 0.15) is 10.2 Å². The summed E-state index contributed by atoms with van der Waals surface area (Å²) in [4.78, 5) is 12.1. The van der Waals surface area contributed by atoms with E-state index in [1.54, 1.807) is 6.07 Å². The van der Waals surface area contributed by atoms with E-state index in [-0.39, 0.29) is 22.5 Å². The van der Waals surface area contributed by atoms with Crippen molar-refractivity contribution in [1.29, 1.82) is 0 Å². The van der Waals surface area contributed by atoms with Crippen LogP contribution >= 0.6 is 46.1 Å². The lowest BCUT2D eigenvalue weighted by molar-refractivity contribution is 0.102. The molecule has 0 fully saturated rings. The lowest BCUT2D eigenvalue weighted by Gasteiger charge is -2.04. The Morgan fingerprint density at radius 3 is 2.70 bits per heavy atom. The molecule has 23 heavy (non-hydrogen) atoms. The number of halogens is 4. The largest absolute Gasteiger partial charge is 0.403 e. The molecule has 118 valence electrons. The summed E-state index contributed by atoms with van der Waals surface area (Å²) in [5.74, 6) is -1.49. The predicted octanol–water partition coefficient (Wildman–Crippen LogP) is 5.15. The number of carbonyl (C=O) groups is 1. The van der Waals surface area contributed by atoms with Crippen molar-refractivity contribution in [2.45, 2.75) is 0 Å². The van der Waals surface area contributed by atoms with Crippen molar-refractivity contribution in [1.82, 2.24) is 10.2 Å². The van der Waals surface area contributed by atoms with Crippen molar-refractivity contribution >= 4 is 58.1 Å². The number of nitrogens with zero attached hydrogens (tertiary/aromatic N) is 2. The van der Waals surface area contributed by atoms with Gasteiger partial charge in [-0.25, -0.2) is 4.39 Å². The Balaban J connectivity index is 1.85. The molecule has 0 aliphatic heterocycles. The lowest BCUT2D eigenvalue weighted by atomic mass is 10.2. The zero-order valence-electron chi connectivity index (χ0n) is 10.9. The molecule has 0 radical (unpaired) electrons. The quantitative estimate of drug-likeness (QED) is 0.669. The number of benzene rings is 1. The normalized spacial score (nSPS) is 10.8. The second kappa shape index (κ2) is 6.45. The van der Waals surface area contributed by atoms with Crippen LogP contribution in [-0.2, 0) is 0 Å². The van der Waals surface area contributed by atoms with E-state index in [2.05, 4.69) is 15.5 Å². The van der Waals surface area contributed by atoms with Crippen LogP contribution < -0.4 is 5.32 Å². The minimum atomic E-state index is -0.808. The molecule has 0 atom stereocenters. The van der Waals surface area contributed by atoms with Crippen molar-refractivity contribution in [3.8, 4) is 11.5 Å². The molecular weight excluding hydrogens is 388 g/mol. The lowest BCUT2D eigenvalue weighted by Crippen LogP contribution is -2.14. The Labute approximate surface area is 148 Å². The highest BCUT2D eigenvalue weighted by atomic mass is 35.5. The zero-order valence-corrected chi connectivity index (χ0v) is 14.0. The molecule has 0 saturated heterocycles. The molecule has 1 aromatic carbocycles. The number of rotatable bonds is 3. The van der Waals surface area contributed by atoms with Crippen LogP contribution in [0.3, 0.4) is 0 Å². The van der Waals surface area contributed by atoms with Crippen LogP contribution in [0.2, 0.25) is 13.7 Å². The van der Waals surface area contributed by atoms with Crippen LogP contribution in [0.4, 0.5) is 10.4 Å². The van der Waals surface area contributed by atoms with Gasteiger partial charge in [0.25, 0.3) is 11.8 Å². The summed E-state index contributed by atoms with van der Waals surface area (Å²) in [6.45, 7) is 0. The van der Waals surface area contributed by atoms with E-state index >= 15 is 0 Å². The molecule has 0 unspecified atom stereocenters. The maximum absolute atomic E-state index is 13.7. The molecule has 10 heteroatoms. The molecule has 0 saturated carbocycles. The van der Waals surface area contributed by atoms with E-state index in [0.717, 1.165) is 17.4 Å². The fourth-order valence-corrected chi connectivity index (χ4v) is 3.44. The molecule has 0 bridgehead atoms. The van der Waals surface area contributed by atoms with Crippen molar-refractivity contribution in [2.75, 3.05) is 5.32 Å². The Morgan fingerprint density at radius 2 is 2.04 bits per heavy atom. The molecule has 2 heterocycles. The van der Waals surface area contributed by atoms with E-state index in [1.165, 1.54) is 12.1 Å². The smallest absolute Gasteiger partial charge is 0.322 e. The topological polar surface area (TPSA) is 68.0 Å². The zero-order chi connectivity index (χ0) is 16.6. The SMILES string of the molecule is O=C(Nc1nnc(-c2cc(Cl)sc2Cl)o1)c1c(F)cccc1Cl. The number of anilines is 1. The molecule has 3 aromatic rings. The first-order chi connectivity index (χ1) is 11.0. The van der Waals surface area contributed by atoms with Gasteiger partial charge in [0.15, 0.2) is 0 Å². The third-order valence-electron chi connectivity index (χ3n) is 2.72. The summed E-state index contributed by atoms with van der Waals surface area (Å²) >= 11 is 18.8. The highest BCUT2D eigenvalue weighted by Crippen LogP contribution is 2.37. The van der Waals surface area contributed by atoms with Crippen molar-refractivity contribution in [3.05, 3.63) is 49.3 Å². The van der Waals surface area contributed by atoms with Crippen molar-refractivity contribution < 1.29 is 13.6 Å². The van der Waals surface area contributed by atoms with Gasteiger partial charge < -0.3 is 4.42 Å². The highest BCUT2D eigenvalue weighted by molar-refractivity contribution is 7.20. The molecular formula is C13H5Cl3FN3O2S. The third-order valence-corrected chi connectivity index (χ3v) is 4.52. The molecule has 1 N–H and O–H groups in total. The van der Waals surface area contributed by atoms with Gasteiger partial charge in [-0.05, 0) is 18.2 Å². The molecule has 3 rings (SSSR count). The van der Waals surface area contributed by atoms with Gasteiger partial charge >= 0.3 is 6.01 Å². The van der Waals surface area contributed by atoms with Crippen molar-refractivity contribution in [2.24, 2.45) is 0 Å². The van der Waals surface area contributed by atoms with Crippen LogP contribution in [-0.4, -0.2) is 16.1 Å². The van der Waals surface area contributed by atoms with E-state index in [0.29, 0.717) is 14.2 Å². The molecule has 0 aliphatic rings. The third kappa shape index (κ3) is 3.32. The van der Waals surface area contributed by atoms with Gasteiger partial charge in [0.05, 0.1) is 20.5 Å². The first-order valence-corrected chi connectivity index (χ1v) is 7.95. The van der Waals surface area contributed by atoms with Crippen LogP contribution in [0.5, 0.6) is 0 Å². The monoisotopic (exact) mass is 391 g/mol. The summed E-state index contributed by atoms with van der Waals surface area (Å²) in [7, 11) is 0. The number of hydrogen-bond donors (Lipinski definition) is 1. The van der Waals surface area contributed by atoms with E-state index in [1.807, 2.05) is 0 Å². The molecule has 0 spiro atoms. The fraction of sp³-hybridized carbons (Fsp3) is 0. The number of hydrogen-bond acceptors (Lipinski definition) is 5. The molecule has 2 aromatic heterocycles. The minimum absolute atomic E-state index is 0.0325. The molecule has 1 amide bonds. The van der Waals surface area contributed by atoms with Gasteiger partial charge in [0, 0.05) is 0 Å². The molecule has 5 nitrogen and oxygen atoms in total. The van der Waals surface area contributed by atoms with Gasteiger partial charge in [-0.15, -0.1) is 16.4 Å². The highest BCUT2D eigenvalue weighted by Gasteiger charge is 2.20. The average molecular weight is 393 g/mol.